The summed E-state index contributed by atoms with van der Waals surface area (Å²) in [6.45, 7) is 4.19. The van der Waals surface area contributed by atoms with Crippen LogP contribution in [0.1, 0.15) is 36.9 Å². The minimum atomic E-state index is -3.23. The van der Waals surface area contributed by atoms with Crippen LogP contribution in [0.4, 0.5) is 4.39 Å². The largest absolute Gasteiger partial charge is 0.349 e. The molecule has 1 amide bonds. The van der Waals surface area contributed by atoms with Crippen molar-refractivity contribution in [2.75, 3.05) is 19.3 Å². The van der Waals surface area contributed by atoms with Gasteiger partial charge < -0.3 is 5.32 Å². The smallest absolute Gasteiger partial charge is 0.224 e. The van der Waals surface area contributed by atoms with Crippen LogP contribution in [0.15, 0.2) is 53.4 Å². The molecule has 0 aliphatic carbocycles. The number of halogens is 1. The van der Waals surface area contributed by atoms with E-state index in [9.17, 15) is 17.6 Å². The minimum absolute atomic E-state index is 0.00787. The maximum atomic E-state index is 13.1. The molecule has 156 valence electrons. The molecule has 0 radical (unpaired) electrons. The van der Waals surface area contributed by atoms with E-state index in [0.717, 1.165) is 30.5 Å². The second-order valence-electron chi connectivity index (χ2n) is 7.77. The van der Waals surface area contributed by atoms with Crippen LogP contribution in [0.2, 0.25) is 0 Å². The van der Waals surface area contributed by atoms with Crippen LogP contribution in [-0.4, -0.2) is 38.6 Å². The van der Waals surface area contributed by atoms with Gasteiger partial charge in [0.1, 0.15) is 5.82 Å². The number of hydrogen-bond acceptors (Lipinski definition) is 4. The van der Waals surface area contributed by atoms with Crippen LogP contribution in [-0.2, 0) is 21.2 Å². The predicted molar refractivity (Wildman–Crippen MR) is 111 cm³/mol. The Morgan fingerprint density at radius 2 is 1.83 bits per heavy atom. The third-order valence-electron chi connectivity index (χ3n) is 5.36. The Morgan fingerprint density at radius 1 is 1.17 bits per heavy atom. The first-order valence-electron chi connectivity index (χ1n) is 9.79. The molecule has 1 fully saturated rings. The number of carbonyl (C=O) groups excluding carboxylic acids is 1. The van der Waals surface area contributed by atoms with Gasteiger partial charge in [-0.25, -0.2) is 12.8 Å². The van der Waals surface area contributed by atoms with E-state index in [1.165, 1.54) is 18.4 Å². The Kier molecular flexibility index (Phi) is 6.70. The van der Waals surface area contributed by atoms with E-state index in [-0.39, 0.29) is 28.6 Å². The Morgan fingerprint density at radius 3 is 2.45 bits per heavy atom. The van der Waals surface area contributed by atoms with Gasteiger partial charge in [-0.2, -0.15) is 0 Å². The molecule has 1 aliphatic heterocycles. The highest BCUT2D eigenvalue weighted by atomic mass is 32.2. The molecule has 3 rings (SSSR count). The average molecular weight is 419 g/mol. The quantitative estimate of drug-likeness (QED) is 0.782. The summed E-state index contributed by atoms with van der Waals surface area (Å²) in [6.07, 6.45) is 2.95. The second-order valence-corrected chi connectivity index (χ2v) is 9.79. The number of rotatable bonds is 6. The fourth-order valence-corrected chi connectivity index (χ4v) is 4.31. The number of amides is 1. The van der Waals surface area contributed by atoms with Gasteiger partial charge >= 0.3 is 0 Å². The minimum Gasteiger partial charge on any atom is -0.349 e. The summed E-state index contributed by atoms with van der Waals surface area (Å²) in [5.74, 6) is -0.335. The standard InChI is InChI=1S/C22H27FN2O3S/c1-16(18-7-11-21(12-8-18)29(2,27)28)24-22(26)19-4-3-13-25(15-19)14-17-5-9-20(23)10-6-17/h5-12,16,19H,3-4,13-15H2,1-2H3,(H,24,26)/t16-,19-/m1/s1. The number of carbonyl (C=O) groups is 1. The molecule has 7 heteroatoms. The van der Waals surface area contributed by atoms with Crippen LogP contribution in [0.25, 0.3) is 0 Å². The van der Waals surface area contributed by atoms with Gasteiger partial charge in [0.25, 0.3) is 0 Å². The summed E-state index contributed by atoms with van der Waals surface area (Å²) >= 11 is 0. The number of nitrogens with zero attached hydrogens (tertiary/aromatic N) is 1. The fraction of sp³-hybridized carbons (Fsp3) is 0.409. The lowest BCUT2D eigenvalue weighted by Gasteiger charge is -2.32. The first-order chi connectivity index (χ1) is 13.7. The molecular weight excluding hydrogens is 391 g/mol. The molecule has 1 aliphatic rings. The van der Waals surface area contributed by atoms with Crippen molar-refractivity contribution >= 4 is 15.7 Å². The molecule has 0 spiro atoms. The number of hydrogen-bond donors (Lipinski definition) is 1. The van der Waals surface area contributed by atoms with E-state index in [2.05, 4.69) is 10.2 Å². The van der Waals surface area contributed by atoms with Crippen LogP contribution < -0.4 is 5.32 Å². The molecule has 0 unspecified atom stereocenters. The predicted octanol–water partition coefficient (Wildman–Crippen LogP) is 3.32. The van der Waals surface area contributed by atoms with Crippen molar-refractivity contribution in [2.45, 2.75) is 37.2 Å². The normalized spacial score (nSPS) is 18.9. The number of nitrogens with one attached hydrogen (secondary N) is 1. The zero-order valence-electron chi connectivity index (χ0n) is 16.8. The summed E-state index contributed by atoms with van der Waals surface area (Å²) in [5.41, 5.74) is 1.90. The Bertz CT molecular complexity index is 943. The van der Waals surface area contributed by atoms with Crippen LogP contribution in [0.5, 0.6) is 0 Å². The highest BCUT2D eigenvalue weighted by molar-refractivity contribution is 7.90. The molecule has 0 bridgehead atoms. The second kappa shape index (κ2) is 9.05. The molecule has 29 heavy (non-hydrogen) atoms. The lowest BCUT2D eigenvalue weighted by Crippen LogP contribution is -2.43. The van der Waals surface area contributed by atoms with Crippen LogP contribution in [0, 0.1) is 11.7 Å². The third-order valence-corrected chi connectivity index (χ3v) is 6.49. The zero-order chi connectivity index (χ0) is 21.0. The van der Waals surface area contributed by atoms with Gasteiger partial charge in [-0.15, -0.1) is 0 Å². The van der Waals surface area contributed by atoms with Crippen molar-refractivity contribution in [3.8, 4) is 0 Å². The molecular formula is C22H27FN2O3S. The summed E-state index contributed by atoms with van der Waals surface area (Å²) in [6, 6.07) is 12.9. The zero-order valence-corrected chi connectivity index (χ0v) is 17.6. The van der Waals surface area contributed by atoms with Crippen molar-refractivity contribution in [3.05, 3.63) is 65.5 Å². The highest BCUT2D eigenvalue weighted by Crippen LogP contribution is 2.21. The Hall–Kier alpha value is -2.25. The van der Waals surface area contributed by atoms with Crippen molar-refractivity contribution in [2.24, 2.45) is 5.92 Å². The summed E-state index contributed by atoms with van der Waals surface area (Å²) in [5, 5.41) is 3.05. The summed E-state index contributed by atoms with van der Waals surface area (Å²) < 4.78 is 36.2. The van der Waals surface area contributed by atoms with Gasteiger partial charge in [-0.1, -0.05) is 24.3 Å². The van der Waals surface area contributed by atoms with Crippen molar-refractivity contribution in [1.29, 1.82) is 0 Å². The van der Waals surface area contributed by atoms with E-state index in [1.807, 2.05) is 6.92 Å². The van der Waals surface area contributed by atoms with Crippen LogP contribution >= 0.6 is 0 Å². The molecule has 1 saturated heterocycles. The topological polar surface area (TPSA) is 66.5 Å². The van der Waals surface area contributed by atoms with Crippen molar-refractivity contribution in [1.82, 2.24) is 10.2 Å². The molecule has 1 heterocycles. The molecule has 0 aromatic heterocycles. The first-order valence-corrected chi connectivity index (χ1v) is 11.7. The monoisotopic (exact) mass is 418 g/mol. The Balaban J connectivity index is 1.57. The molecule has 1 N–H and O–H groups in total. The Labute approximate surface area is 171 Å². The van der Waals surface area contributed by atoms with Gasteiger partial charge in [-0.05, 0) is 61.7 Å². The number of piperidine rings is 1. The molecule has 2 atom stereocenters. The number of benzene rings is 2. The summed E-state index contributed by atoms with van der Waals surface area (Å²) in [4.78, 5) is 15.3. The third kappa shape index (κ3) is 5.87. The van der Waals surface area contributed by atoms with Gasteiger partial charge in [0, 0.05) is 19.3 Å². The maximum Gasteiger partial charge on any atom is 0.224 e. The molecule has 2 aromatic carbocycles. The lowest BCUT2D eigenvalue weighted by atomic mass is 9.96. The van der Waals surface area contributed by atoms with E-state index < -0.39 is 9.84 Å². The molecule has 0 saturated carbocycles. The molecule has 2 aromatic rings. The van der Waals surface area contributed by atoms with E-state index in [4.69, 9.17) is 0 Å². The van der Waals surface area contributed by atoms with Gasteiger partial charge in [0.2, 0.25) is 5.91 Å². The van der Waals surface area contributed by atoms with Gasteiger partial charge in [0.05, 0.1) is 16.9 Å². The highest BCUT2D eigenvalue weighted by Gasteiger charge is 2.26. The first kappa shape index (κ1) is 21.5. The molecule has 5 nitrogen and oxygen atoms in total. The number of sulfone groups is 1. The summed E-state index contributed by atoms with van der Waals surface area (Å²) in [7, 11) is -3.23. The average Bonchev–Trinajstić information content (AvgIpc) is 2.69. The van der Waals surface area contributed by atoms with Gasteiger partial charge in [-0.3, -0.25) is 9.69 Å². The van der Waals surface area contributed by atoms with E-state index in [1.54, 1.807) is 36.4 Å². The number of likely N-dealkylation sites (tertiary alicyclic amines) is 1. The van der Waals surface area contributed by atoms with Gasteiger partial charge in [0.15, 0.2) is 9.84 Å². The lowest BCUT2D eigenvalue weighted by molar-refractivity contribution is -0.127. The fourth-order valence-electron chi connectivity index (χ4n) is 3.68. The van der Waals surface area contributed by atoms with E-state index in [0.29, 0.717) is 13.1 Å². The van der Waals surface area contributed by atoms with E-state index >= 15 is 0 Å². The maximum absolute atomic E-state index is 13.1. The van der Waals surface area contributed by atoms with Crippen LogP contribution in [0.3, 0.4) is 0 Å². The van der Waals surface area contributed by atoms with Crippen molar-refractivity contribution < 1.29 is 17.6 Å². The SMILES string of the molecule is C[C@@H](NC(=O)[C@@H]1CCCN(Cc2ccc(F)cc2)C1)c1ccc(S(C)(=O)=O)cc1. The van der Waals surface area contributed by atoms with Crippen molar-refractivity contribution in [3.63, 3.8) is 0 Å².